The lowest BCUT2D eigenvalue weighted by molar-refractivity contribution is 1.09. The lowest BCUT2D eigenvalue weighted by Gasteiger charge is -2.07. The number of benzene rings is 2. The molecule has 4 nitrogen and oxygen atoms in total. The van der Waals surface area contributed by atoms with Crippen LogP contribution >= 0.6 is 15.9 Å². The quantitative estimate of drug-likeness (QED) is 0.508. The normalized spacial score (nSPS) is 11.4. The van der Waals surface area contributed by atoms with E-state index in [0.29, 0.717) is 11.6 Å². The van der Waals surface area contributed by atoms with Crippen LogP contribution in [0.4, 0.5) is 5.82 Å². The molecular weight excluding hydrogens is 364 g/mol. The summed E-state index contributed by atoms with van der Waals surface area (Å²) in [6, 6.07) is 19.8. The van der Waals surface area contributed by atoms with Gasteiger partial charge in [0.1, 0.15) is 0 Å². The fraction of sp³-hybridized carbons (Fsp3) is 0.105. The molecule has 5 heteroatoms. The predicted molar refractivity (Wildman–Crippen MR) is 102 cm³/mol. The largest absolute Gasteiger partial charge is 0.261 e. The van der Waals surface area contributed by atoms with Crippen molar-refractivity contribution in [3.05, 3.63) is 76.4 Å². The Kier molecular flexibility index (Phi) is 5.01. The van der Waals surface area contributed by atoms with Crippen molar-refractivity contribution < 1.29 is 0 Å². The van der Waals surface area contributed by atoms with Gasteiger partial charge in [-0.05, 0) is 31.5 Å². The van der Waals surface area contributed by atoms with Gasteiger partial charge in [0.15, 0.2) is 11.6 Å². The first-order chi connectivity index (χ1) is 11.6. The number of nitrogens with one attached hydrogen (secondary N) is 1. The second-order valence-electron chi connectivity index (χ2n) is 5.40. The number of rotatable bonds is 4. The summed E-state index contributed by atoms with van der Waals surface area (Å²) in [6.45, 7) is 3.91. The summed E-state index contributed by atoms with van der Waals surface area (Å²) in [4.78, 5) is 9.04. The maximum Gasteiger partial charge on any atom is 0.161 e. The summed E-state index contributed by atoms with van der Waals surface area (Å²) in [5.74, 6) is 1.37. The monoisotopic (exact) mass is 380 g/mol. The van der Waals surface area contributed by atoms with Gasteiger partial charge in [-0.2, -0.15) is 5.10 Å². The number of anilines is 1. The number of nitrogens with zero attached hydrogens (tertiary/aromatic N) is 3. The van der Waals surface area contributed by atoms with Gasteiger partial charge in [0.2, 0.25) is 0 Å². The zero-order valence-electron chi connectivity index (χ0n) is 13.5. The molecule has 0 radical (unpaired) electrons. The first kappa shape index (κ1) is 16.3. The molecule has 120 valence electrons. The Morgan fingerprint density at radius 2 is 1.71 bits per heavy atom. The average molecular weight is 381 g/mol. The minimum Gasteiger partial charge on any atom is -0.261 e. The van der Waals surface area contributed by atoms with E-state index in [0.717, 1.165) is 27.0 Å². The zero-order chi connectivity index (χ0) is 16.9. The first-order valence-corrected chi connectivity index (χ1v) is 8.38. The molecule has 0 spiro atoms. The summed E-state index contributed by atoms with van der Waals surface area (Å²) in [5.41, 5.74) is 6.85. The standard InChI is InChI=1S/C19H17BrN4/c1-13-12-18(22-19(21-13)16-6-4-3-5-7-16)24-23-14(2)15-8-10-17(20)11-9-15/h3-12H,1-2H3,(H,21,22,24). The Labute approximate surface area is 149 Å². The summed E-state index contributed by atoms with van der Waals surface area (Å²) < 4.78 is 1.05. The number of halogens is 1. The summed E-state index contributed by atoms with van der Waals surface area (Å²) in [5, 5.41) is 4.43. The van der Waals surface area contributed by atoms with Crippen LogP contribution in [0, 0.1) is 6.92 Å². The second kappa shape index (κ2) is 7.36. The molecule has 3 aromatic rings. The Morgan fingerprint density at radius 1 is 1.00 bits per heavy atom. The zero-order valence-corrected chi connectivity index (χ0v) is 15.1. The second-order valence-corrected chi connectivity index (χ2v) is 6.32. The van der Waals surface area contributed by atoms with Gasteiger partial charge in [-0.15, -0.1) is 0 Å². The van der Waals surface area contributed by atoms with E-state index in [1.54, 1.807) is 0 Å². The van der Waals surface area contributed by atoms with Crippen LogP contribution in [0.5, 0.6) is 0 Å². The van der Waals surface area contributed by atoms with Crippen LogP contribution < -0.4 is 5.43 Å². The molecule has 0 atom stereocenters. The molecule has 0 aliphatic rings. The van der Waals surface area contributed by atoms with Crippen LogP contribution in [-0.4, -0.2) is 15.7 Å². The highest BCUT2D eigenvalue weighted by Gasteiger charge is 2.04. The molecule has 3 rings (SSSR count). The molecule has 1 heterocycles. The SMILES string of the molecule is CC(=NNc1cc(C)nc(-c2ccccc2)n1)c1ccc(Br)cc1. The van der Waals surface area contributed by atoms with E-state index >= 15 is 0 Å². The Bertz CT molecular complexity index is 858. The summed E-state index contributed by atoms with van der Waals surface area (Å²) in [7, 11) is 0. The third-order valence-corrected chi connectivity index (χ3v) is 4.02. The van der Waals surface area contributed by atoms with Crippen molar-refractivity contribution in [3.8, 4) is 11.4 Å². The molecule has 1 aromatic heterocycles. The number of aromatic nitrogens is 2. The van der Waals surface area contributed by atoms with Crippen molar-refractivity contribution in [2.45, 2.75) is 13.8 Å². The van der Waals surface area contributed by atoms with Gasteiger partial charge < -0.3 is 0 Å². The molecule has 0 unspecified atom stereocenters. The molecule has 2 aromatic carbocycles. The number of hydrogen-bond acceptors (Lipinski definition) is 4. The Balaban J connectivity index is 1.84. The molecule has 24 heavy (non-hydrogen) atoms. The van der Waals surface area contributed by atoms with Gasteiger partial charge in [0, 0.05) is 21.8 Å². The van der Waals surface area contributed by atoms with Gasteiger partial charge >= 0.3 is 0 Å². The van der Waals surface area contributed by atoms with E-state index in [-0.39, 0.29) is 0 Å². The average Bonchev–Trinajstić information content (AvgIpc) is 2.60. The molecule has 1 N–H and O–H groups in total. The Hall–Kier alpha value is -2.53. The first-order valence-electron chi connectivity index (χ1n) is 7.59. The van der Waals surface area contributed by atoms with Gasteiger partial charge in [0.05, 0.1) is 5.71 Å². The smallest absolute Gasteiger partial charge is 0.161 e. The van der Waals surface area contributed by atoms with Crippen LogP contribution in [0.3, 0.4) is 0 Å². The highest BCUT2D eigenvalue weighted by molar-refractivity contribution is 9.10. The third kappa shape index (κ3) is 4.06. The number of hydrazone groups is 1. The van der Waals surface area contributed by atoms with Crippen molar-refractivity contribution in [1.29, 1.82) is 0 Å². The lowest BCUT2D eigenvalue weighted by Crippen LogP contribution is -2.02. The van der Waals surface area contributed by atoms with Crippen LogP contribution in [0.1, 0.15) is 18.2 Å². The van der Waals surface area contributed by atoms with E-state index in [4.69, 9.17) is 0 Å². The van der Waals surface area contributed by atoms with Gasteiger partial charge in [0.25, 0.3) is 0 Å². The van der Waals surface area contributed by atoms with Gasteiger partial charge in [-0.1, -0.05) is 58.4 Å². The predicted octanol–water partition coefficient (Wildman–Crippen LogP) is 5.05. The number of hydrogen-bond donors (Lipinski definition) is 1. The van der Waals surface area contributed by atoms with Crippen LogP contribution in [0.25, 0.3) is 11.4 Å². The van der Waals surface area contributed by atoms with Crippen molar-refractivity contribution in [2.75, 3.05) is 5.43 Å². The van der Waals surface area contributed by atoms with E-state index in [2.05, 4.69) is 36.4 Å². The van der Waals surface area contributed by atoms with Crippen molar-refractivity contribution in [2.24, 2.45) is 5.10 Å². The van der Waals surface area contributed by atoms with Crippen LogP contribution in [-0.2, 0) is 0 Å². The Morgan fingerprint density at radius 3 is 2.42 bits per heavy atom. The fourth-order valence-electron chi connectivity index (χ4n) is 2.24. The van der Waals surface area contributed by atoms with Crippen LogP contribution in [0.15, 0.2) is 70.2 Å². The minimum absolute atomic E-state index is 0.679. The molecule has 0 fully saturated rings. The maximum absolute atomic E-state index is 4.55. The topological polar surface area (TPSA) is 50.2 Å². The third-order valence-electron chi connectivity index (χ3n) is 3.49. The molecule has 0 bridgehead atoms. The van der Waals surface area contributed by atoms with E-state index < -0.39 is 0 Å². The van der Waals surface area contributed by atoms with E-state index in [1.807, 2.05) is 74.5 Å². The van der Waals surface area contributed by atoms with E-state index in [1.165, 1.54) is 0 Å². The minimum atomic E-state index is 0.679. The highest BCUT2D eigenvalue weighted by Crippen LogP contribution is 2.17. The maximum atomic E-state index is 4.55. The van der Waals surface area contributed by atoms with Crippen molar-refractivity contribution in [3.63, 3.8) is 0 Å². The molecule has 0 aliphatic carbocycles. The van der Waals surface area contributed by atoms with Crippen LogP contribution in [0.2, 0.25) is 0 Å². The van der Waals surface area contributed by atoms with Gasteiger partial charge in [-0.3, -0.25) is 5.43 Å². The molecule has 0 amide bonds. The lowest BCUT2D eigenvalue weighted by atomic mass is 10.1. The summed E-state index contributed by atoms with van der Waals surface area (Å²) in [6.07, 6.45) is 0. The van der Waals surface area contributed by atoms with Crippen molar-refractivity contribution >= 4 is 27.5 Å². The van der Waals surface area contributed by atoms with Gasteiger partial charge in [-0.25, -0.2) is 9.97 Å². The van der Waals surface area contributed by atoms with Crippen molar-refractivity contribution in [1.82, 2.24) is 9.97 Å². The fourth-order valence-corrected chi connectivity index (χ4v) is 2.50. The highest BCUT2D eigenvalue weighted by atomic mass is 79.9. The summed E-state index contributed by atoms with van der Waals surface area (Å²) >= 11 is 3.44. The molecular formula is C19H17BrN4. The number of aryl methyl sites for hydroxylation is 1. The molecule has 0 saturated heterocycles. The molecule has 0 saturated carbocycles. The van der Waals surface area contributed by atoms with E-state index in [9.17, 15) is 0 Å². The molecule has 0 aliphatic heterocycles.